The third-order valence-electron chi connectivity index (χ3n) is 5.77. The number of hydrazine groups is 1. The van der Waals surface area contributed by atoms with Crippen LogP contribution in [0.2, 0.25) is 0 Å². The van der Waals surface area contributed by atoms with E-state index >= 15 is 0 Å². The van der Waals surface area contributed by atoms with E-state index in [1.54, 1.807) is 5.01 Å². The van der Waals surface area contributed by atoms with Crippen molar-refractivity contribution in [1.82, 2.24) is 9.91 Å². The Morgan fingerprint density at radius 2 is 1.85 bits per heavy atom. The van der Waals surface area contributed by atoms with Gasteiger partial charge in [-0.05, 0) is 30.2 Å². The summed E-state index contributed by atoms with van der Waals surface area (Å²) in [4.78, 5) is 1.86. The van der Waals surface area contributed by atoms with Crippen molar-refractivity contribution < 1.29 is 4.74 Å². The molecule has 0 radical (unpaired) electrons. The summed E-state index contributed by atoms with van der Waals surface area (Å²) in [6, 6.07) is 14.1. The van der Waals surface area contributed by atoms with Crippen LogP contribution >= 0.6 is 0 Å². The van der Waals surface area contributed by atoms with E-state index in [0.717, 1.165) is 27.6 Å². The summed E-state index contributed by atoms with van der Waals surface area (Å²) in [5.41, 5.74) is 2.89. The maximum atomic E-state index is 6.61. The van der Waals surface area contributed by atoms with Crippen molar-refractivity contribution in [2.45, 2.75) is 26.8 Å². The van der Waals surface area contributed by atoms with Crippen molar-refractivity contribution in [2.24, 2.45) is 22.7 Å². The number of allylic oxidation sites excluding steroid dienone is 4. The van der Waals surface area contributed by atoms with Gasteiger partial charge in [0, 0.05) is 24.2 Å². The lowest BCUT2D eigenvalue weighted by atomic mass is 9.90. The first-order chi connectivity index (χ1) is 16.4. The quantitative estimate of drug-likeness (QED) is 0.185. The summed E-state index contributed by atoms with van der Waals surface area (Å²) in [6.07, 6.45) is 8.14. The third-order valence-corrected chi connectivity index (χ3v) is 5.77. The zero-order valence-corrected chi connectivity index (χ0v) is 20.7. The van der Waals surface area contributed by atoms with Gasteiger partial charge in [0.1, 0.15) is 11.8 Å². The van der Waals surface area contributed by atoms with E-state index in [9.17, 15) is 0 Å². The highest BCUT2D eigenvalue weighted by molar-refractivity contribution is 5.89. The van der Waals surface area contributed by atoms with E-state index in [0.29, 0.717) is 18.3 Å². The molecule has 2 aromatic carbocycles. The summed E-state index contributed by atoms with van der Waals surface area (Å²) in [7, 11) is 1.88. The van der Waals surface area contributed by atoms with Gasteiger partial charge in [0.05, 0.1) is 6.61 Å². The Bertz CT molecular complexity index is 1110. The number of hydrogen-bond donors (Lipinski definition) is 2. The highest BCUT2D eigenvalue weighted by Gasteiger charge is 2.37. The summed E-state index contributed by atoms with van der Waals surface area (Å²) < 4.78 is 6.17. The second kappa shape index (κ2) is 12.5. The lowest BCUT2D eigenvalue weighted by Crippen LogP contribution is -2.53. The SMILES string of the molecule is C=C.C=C(OCC(C)/C=C\C=C/C)C1=C(C)N(C)/C(=N/N)N(N)C1c1cccc2ccccc12. The summed E-state index contributed by atoms with van der Waals surface area (Å²) in [6.45, 7) is 16.9. The number of ether oxygens (including phenoxy) is 1. The average molecular weight is 460 g/mol. The van der Waals surface area contributed by atoms with Gasteiger partial charge in [-0.2, -0.15) is 0 Å². The normalized spacial score (nSPS) is 18.5. The maximum Gasteiger partial charge on any atom is 0.237 e. The first-order valence-electron chi connectivity index (χ1n) is 11.3. The molecule has 0 fully saturated rings. The minimum atomic E-state index is -0.346. The average Bonchev–Trinajstić information content (AvgIpc) is 2.86. The van der Waals surface area contributed by atoms with Gasteiger partial charge >= 0.3 is 0 Å². The van der Waals surface area contributed by atoms with Crippen LogP contribution in [0.4, 0.5) is 0 Å². The number of hydrazone groups is 1. The molecule has 180 valence electrons. The van der Waals surface area contributed by atoms with Crippen molar-refractivity contribution >= 4 is 16.7 Å². The largest absolute Gasteiger partial charge is 0.493 e. The fourth-order valence-corrected chi connectivity index (χ4v) is 3.99. The van der Waals surface area contributed by atoms with Crippen LogP contribution in [-0.2, 0) is 4.74 Å². The highest BCUT2D eigenvalue weighted by Crippen LogP contribution is 2.41. The Hall–Kier alpha value is -3.77. The number of nitrogens with zero attached hydrogens (tertiary/aromatic N) is 3. The van der Waals surface area contributed by atoms with E-state index < -0.39 is 0 Å². The van der Waals surface area contributed by atoms with Crippen LogP contribution in [0.25, 0.3) is 10.8 Å². The van der Waals surface area contributed by atoms with Gasteiger partial charge in [-0.15, -0.1) is 18.3 Å². The Balaban J connectivity index is 0.00000199. The molecule has 1 aliphatic rings. The van der Waals surface area contributed by atoms with Crippen LogP contribution in [0.1, 0.15) is 32.4 Å². The maximum absolute atomic E-state index is 6.61. The number of rotatable bonds is 7. The molecule has 0 saturated carbocycles. The Kier molecular flexibility index (Phi) is 9.71. The van der Waals surface area contributed by atoms with Gasteiger partial charge < -0.3 is 15.5 Å². The Morgan fingerprint density at radius 1 is 1.18 bits per heavy atom. The van der Waals surface area contributed by atoms with E-state index in [2.05, 4.69) is 62.1 Å². The molecule has 0 bridgehead atoms. The predicted octanol–water partition coefficient (Wildman–Crippen LogP) is 5.61. The van der Waals surface area contributed by atoms with Crippen LogP contribution < -0.4 is 11.7 Å². The summed E-state index contributed by atoms with van der Waals surface area (Å²) in [5.74, 6) is 13.6. The molecule has 2 unspecified atom stereocenters. The lowest BCUT2D eigenvalue weighted by Gasteiger charge is -2.42. The fraction of sp³-hybridized carbons (Fsp3) is 0.250. The molecule has 2 aromatic rings. The molecule has 0 spiro atoms. The van der Waals surface area contributed by atoms with Crippen LogP contribution in [0.5, 0.6) is 0 Å². The molecule has 2 atom stereocenters. The first-order valence-corrected chi connectivity index (χ1v) is 11.3. The van der Waals surface area contributed by atoms with Gasteiger partial charge in [-0.25, -0.2) is 5.84 Å². The lowest BCUT2D eigenvalue weighted by molar-refractivity contribution is 0.181. The van der Waals surface area contributed by atoms with Gasteiger partial charge in [0.25, 0.3) is 0 Å². The third kappa shape index (κ3) is 5.58. The molecule has 1 heterocycles. The Labute approximate surface area is 203 Å². The molecular formula is C28H37N5O. The van der Waals surface area contributed by atoms with Crippen LogP contribution in [0.3, 0.4) is 0 Å². The number of nitrogens with two attached hydrogens (primary N) is 2. The molecule has 0 saturated heterocycles. The second-order valence-corrected chi connectivity index (χ2v) is 7.99. The van der Waals surface area contributed by atoms with Crippen molar-refractivity contribution in [3.63, 3.8) is 0 Å². The molecular weight excluding hydrogens is 422 g/mol. The minimum absolute atomic E-state index is 0.233. The van der Waals surface area contributed by atoms with Crippen molar-refractivity contribution in [1.29, 1.82) is 0 Å². The van der Waals surface area contributed by atoms with Crippen molar-refractivity contribution in [2.75, 3.05) is 13.7 Å². The predicted molar refractivity (Wildman–Crippen MR) is 144 cm³/mol. The monoisotopic (exact) mass is 459 g/mol. The van der Waals surface area contributed by atoms with Gasteiger partial charge in [-0.3, -0.25) is 5.01 Å². The fourth-order valence-electron chi connectivity index (χ4n) is 3.99. The van der Waals surface area contributed by atoms with Crippen LogP contribution in [0.15, 0.2) is 109 Å². The van der Waals surface area contributed by atoms with Gasteiger partial charge in [0.2, 0.25) is 5.96 Å². The molecule has 0 aliphatic carbocycles. The van der Waals surface area contributed by atoms with E-state index in [4.69, 9.17) is 16.4 Å². The zero-order chi connectivity index (χ0) is 25.3. The Morgan fingerprint density at radius 3 is 2.53 bits per heavy atom. The van der Waals surface area contributed by atoms with Gasteiger partial charge in [-0.1, -0.05) is 80.3 Å². The second-order valence-electron chi connectivity index (χ2n) is 7.99. The number of guanidine groups is 1. The molecule has 1 aliphatic heterocycles. The molecule has 3 rings (SSSR count). The standard InChI is InChI=1S/C26H33N5O.C2H4/c1-6-7-8-12-18(2)17-32-20(4)24-19(3)30(5)26(29-27)31(28)25(24)23-16-11-14-21-13-9-10-15-22(21)23;1-2/h6-16,18,25H,4,17,27-28H2,1-3,5H3;1-2H2/b7-6-,12-8-,29-26-;. The molecule has 4 N–H and O–H groups in total. The highest BCUT2D eigenvalue weighted by atomic mass is 16.5. The molecule has 6 nitrogen and oxygen atoms in total. The molecule has 0 aromatic heterocycles. The van der Waals surface area contributed by atoms with Crippen LogP contribution in [-0.4, -0.2) is 29.5 Å². The van der Waals surface area contributed by atoms with Gasteiger partial charge in [0.15, 0.2) is 0 Å². The summed E-state index contributed by atoms with van der Waals surface area (Å²) in [5, 5.41) is 7.78. The van der Waals surface area contributed by atoms with Crippen LogP contribution in [0, 0.1) is 5.92 Å². The summed E-state index contributed by atoms with van der Waals surface area (Å²) >= 11 is 0. The molecule has 34 heavy (non-hydrogen) atoms. The number of benzene rings is 2. The van der Waals surface area contributed by atoms with Crippen molar-refractivity contribution in [3.8, 4) is 0 Å². The van der Waals surface area contributed by atoms with Crippen molar-refractivity contribution in [3.05, 3.63) is 109 Å². The first kappa shape index (κ1) is 26.5. The smallest absolute Gasteiger partial charge is 0.237 e. The number of fused-ring (bicyclic) bond motifs is 1. The zero-order valence-electron chi connectivity index (χ0n) is 20.7. The van der Waals surface area contributed by atoms with E-state index in [1.807, 2.05) is 62.2 Å². The number of hydrogen-bond acceptors (Lipinski definition) is 4. The minimum Gasteiger partial charge on any atom is -0.493 e. The van der Waals surface area contributed by atoms with E-state index in [1.165, 1.54) is 0 Å². The molecule has 0 amide bonds. The topological polar surface area (TPSA) is 80.1 Å². The van der Waals surface area contributed by atoms with E-state index in [-0.39, 0.29) is 12.0 Å². The molecule has 6 heteroatoms.